The Labute approximate surface area is 295 Å². The molecule has 0 radical (unpaired) electrons. The molecular formula is C41H40N6S2. The van der Waals surface area contributed by atoms with Crippen LogP contribution in [0.3, 0.4) is 0 Å². The van der Waals surface area contributed by atoms with Crippen LogP contribution in [0.15, 0.2) is 145 Å². The van der Waals surface area contributed by atoms with Gasteiger partial charge in [0.2, 0.25) is 0 Å². The molecule has 4 heterocycles. The van der Waals surface area contributed by atoms with Crippen molar-refractivity contribution in [2.45, 2.75) is 45.6 Å². The summed E-state index contributed by atoms with van der Waals surface area (Å²) in [6.07, 6.45) is 7.58. The van der Waals surface area contributed by atoms with Crippen molar-refractivity contribution in [3.05, 3.63) is 173 Å². The van der Waals surface area contributed by atoms with E-state index in [9.17, 15) is 0 Å². The van der Waals surface area contributed by atoms with Gasteiger partial charge in [-0.05, 0) is 99.6 Å². The van der Waals surface area contributed by atoms with E-state index in [-0.39, 0.29) is 0 Å². The highest BCUT2D eigenvalue weighted by Gasteiger charge is 2.12. The van der Waals surface area contributed by atoms with Gasteiger partial charge in [-0.2, -0.15) is 10.2 Å². The zero-order valence-electron chi connectivity index (χ0n) is 27.7. The third-order valence-electron chi connectivity index (χ3n) is 8.75. The fourth-order valence-corrected chi connectivity index (χ4v) is 8.19. The van der Waals surface area contributed by atoms with Gasteiger partial charge in [-0.15, -0.1) is 22.7 Å². The summed E-state index contributed by atoms with van der Waals surface area (Å²) in [6.45, 7) is 6.97. The molecule has 0 bridgehead atoms. The average Bonchev–Trinajstić information content (AvgIpc) is 3.98. The maximum atomic E-state index is 4.30. The van der Waals surface area contributed by atoms with Crippen LogP contribution in [0.1, 0.15) is 53.7 Å². The predicted molar refractivity (Wildman–Crippen MR) is 205 cm³/mol. The number of hydrogen-bond donors (Lipinski definition) is 2. The van der Waals surface area contributed by atoms with E-state index in [4.69, 9.17) is 0 Å². The Morgan fingerprint density at radius 3 is 1.78 bits per heavy atom. The zero-order chi connectivity index (χ0) is 33.4. The molecule has 0 spiro atoms. The van der Waals surface area contributed by atoms with E-state index in [0.29, 0.717) is 12.1 Å². The van der Waals surface area contributed by atoms with E-state index >= 15 is 0 Å². The average molecular weight is 681 g/mol. The van der Waals surface area contributed by atoms with Crippen molar-refractivity contribution in [3.63, 3.8) is 0 Å². The van der Waals surface area contributed by atoms with Gasteiger partial charge in [0.05, 0.1) is 12.2 Å². The summed E-state index contributed by atoms with van der Waals surface area (Å²) in [5.41, 5.74) is 7.68. The Balaban J connectivity index is 0.000000154. The van der Waals surface area contributed by atoms with Crippen LogP contribution in [0.5, 0.6) is 0 Å². The molecule has 0 aliphatic rings. The number of nitrogens with one attached hydrogen (secondary N) is 2. The number of hydrogen-bond acceptors (Lipinski definition) is 6. The smallest absolute Gasteiger partial charge is 0.0659 e. The van der Waals surface area contributed by atoms with Gasteiger partial charge in [0.15, 0.2) is 0 Å². The lowest BCUT2D eigenvalue weighted by Crippen LogP contribution is -2.18. The molecule has 0 aliphatic carbocycles. The maximum Gasteiger partial charge on any atom is 0.0659 e. The quantitative estimate of drug-likeness (QED) is 0.143. The topological polar surface area (TPSA) is 59.7 Å². The molecule has 8 heteroatoms. The lowest BCUT2D eigenvalue weighted by Gasteiger charge is -2.14. The molecule has 2 unspecified atom stereocenters. The van der Waals surface area contributed by atoms with E-state index in [1.807, 2.05) is 62.8 Å². The van der Waals surface area contributed by atoms with E-state index in [2.05, 4.69) is 143 Å². The molecule has 0 saturated carbocycles. The third-order valence-corrected chi connectivity index (χ3v) is 10.7. The van der Waals surface area contributed by atoms with Crippen LogP contribution in [0.2, 0.25) is 0 Å². The molecule has 49 heavy (non-hydrogen) atoms. The SMILES string of the molecule is CC(NCc1cccc(-n2cccn2)c1)c1csc2ccccc12.CC(NCc1cccc(Cn2cccn2)c1)c1csc2ccccc12. The first-order valence-electron chi connectivity index (χ1n) is 16.6. The van der Waals surface area contributed by atoms with Crippen molar-refractivity contribution in [1.82, 2.24) is 30.2 Å². The minimum absolute atomic E-state index is 0.314. The molecule has 8 aromatic rings. The summed E-state index contributed by atoms with van der Waals surface area (Å²) in [5.74, 6) is 0. The molecule has 4 aromatic heterocycles. The second-order valence-corrected chi connectivity index (χ2v) is 14.0. The Hall–Kier alpha value is -4.86. The first kappa shape index (κ1) is 32.7. The summed E-state index contributed by atoms with van der Waals surface area (Å²) in [4.78, 5) is 0. The van der Waals surface area contributed by atoms with Crippen LogP contribution in [0, 0.1) is 0 Å². The van der Waals surface area contributed by atoms with Gasteiger partial charge in [0, 0.05) is 59.4 Å². The second kappa shape index (κ2) is 15.6. The van der Waals surface area contributed by atoms with Crippen molar-refractivity contribution in [2.75, 3.05) is 0 Å². The minimum atomic E-state index is 0.314. The van der Waals surface area contributed by atoms with Crippen LogP contribution < -0.4 is 10.6 Å². The Kier molecular flexibility index (Phi) is 10.4. The summed E-state index contributed by atoms with van der Waals surface area (Å²) in [5, 5.41) is 23.1. The molecule has 4 aromatic carbocycles. The number of thiophene rings is 2. The molecule has 6 nitrogen and oxygen atoms in total. The van der Waals surface area contributed by atoms with Crippen LogP contribution >= 0.6 is 22.7 Å². The van der Waals surface area contributed by atoms with E-state index in [0.717, 1.165) is 25.3 Å². The van der Waals surface area contributed by atoms with Gasteiger partial charge >= 0.3 is 0 Å². The predicted octanol–water partition coefficient (Wildman–Crippen LogP) is 9.93. The molecule has 2 N–H and O–H groups in total. The largest absolute Gasteiger partial charge is 0.306 e. The number of nitrogens with zero attached hydrogens (tertiary/aromatic N) is 4. The van der Waals surface area contributed by atoms with Gasteiger partial charge in [-0.3, -0.25) is 4.68 Å². The van der Waals surface area contributed by atoms with Crippen LogP contribution in [-0.4, -0.2) is 19.6 Å². The lowest BCUT2D eigenvalue weighted by molar-refractivity contribution is 0.578. The van der Waals surface area contributed by atoms with Crippen molar-refractivity contribution in [2.24, 2.45) is 0 Å². The van der Waals surface area contributed by atoms with E-state index < -0.39 is 0 Å². The standard InChI is InChI=1S/C21H21N3S.C20H19N3S/c1-16(20-15-25-21-9-3-2-8-19(20)21)22-13-17-6-4-7-18(12-17)14-24-11-5-10-23-24;1-15(19-14-24-20-9-3-2-8-18(19)20)21-13-16-6-4-7-17(12-16)23-11-5-10-22-23/h2-12,15-16,22H,13-14H2,1H3;2-12,14-15,21H,13H2,1H3. The van der Waals surface area contributed by atoms with Crippen LogP contribution in [-0.2, 0) is 19.6 Å². The highest BCUT2D eigenvalue weighted by atomic mass is 32.1. The van der Waals surface area contributed by atoms with Crippen molar-refractivity contribution < 1.29 is 0 Å². The van der Waals surface area contributed by atoms with Gasteiger partial charge in [0.1, 0.15) is 0 Å². The van der Waals surface area contributed by atoms with Crippen molar-refractivity contribution in [1.29, 1.82) is 0 Å². The molecular weight excluding hydrogens is 641 g/mol. The molecule has 246 valence electrons. The number of aromatic nitrogens is 4. The van der Waals surface area contributed by atoms with Gasteiger partial charge in [0.25, 0.3) is 0 Å². The zero-order valence-corrected chi connectivity index (χ0v) is 29.4. The van der Waals surface area contributed by atoms with Crippen molar-refractivity contribution in [3.8, 4) is 5.69 Å². The van der Waals surface area contributed by atoms with Crippen LogP contribution in [0.25, 0.3) is 25.9 Å². The Morgan fingerprint density at radius 1 is 0.592 bits per heavy atom. The highest BCUT2D eigenvalue weighted by Crippen LogP contribution is 2.31. The fourth-order valence-electron chi connectivity index (χ4n) is 6.08. The van der Waals surface area contributed by atoms with E-state index in [1.165, 1.54) is 48.0 Å². The van der Waals surface area contributed by atoms with Gasteiger partial charge in [-0.25, -0.2) is 4.68 Å². The Bertz CT molecular complexity index is 2210. The molecule has 2 atom stereocenters. The fraction of sp³-hybridized carbons (Fsp3) is 0.171. The third kappa shape index (κ3) is 8.07. The summed E-state index contributed by atoms with van der Waals surface area (Å²) in [6, 6.07) is 39.0. The van der Waals surface area contributed by atoms with E-state index in [1.54, 1.807) is 6.20 Å². The molecule has 0 saturated heterocycles. The molecule has 8 rings (SSSR count). The molecule has 0 amide bonds. The highest BCUT2D eigenvalue weighted by molar-refractivity contribution is 7.17. The number of rotatable bonds is 11. The Morgan fingerprint density at radius 2 is 1.16 bits per heavy atom. The van der Waals surface area contributed by atoms with Crippen molar-refractivity contribution >= 4 is 42.8 Å². The first-order chi connectivity index (χ1) is 24.1. The molecule has 0 aliphatic heterocycles. The van der Waals surface area contributed by atoms with Crippen LogP contribution in [0.4, 0.5) is 0 Å². The summed E-state index contributed by atoms with van der Waals surface area (Å²) in [7, 11) is 0. The number of benzene rings is 4. The summed E-state index contributed by atoms with van der Waals surface area (Å²) >= 11 is 3.63. The first-order valence-corrected chi connectivity index (χ1v) is 18.4. The number of fused-ring (bicyclic) bond motifs is 2. The monoisotopic (exact) mass is 680 g/mol. The lowest BCUT2D eigenvalue weighted by atomic mass is 10.1. The summed E-state index contributed by atoms with van der Waals surface area (Å²) < 4.78 is 6.54. The normalized spacial score (nSPS) is 12.5. The molecule has 0 fully saturated rings. The van der Waals surface area contributed by atoms with Gasteiger partial charge < -0.3 is 10.6 Å². The maximum absolute atomic E-state index is 4.30. The minimum Gasteiger partial charge on any atom is -0.306 e. The second-order valence-electron chi connectivity index (χ2n) is 12.2. The van der Waals surface area contributed by atoms with Gasteiger partial charge in [-0.1, -0.05) is 72.8 Å².